The number of oxime groups is 1. The van der Waals surface area contributed by atoms with Crippen molar-refractivity contribution in [3.05, 3.63) is 54.1 Å². The Kier molecular flexibility index (Phi) is 6.55. The first-order chi connectivity index (χ1) is 12.5. The number of carbonyl (C=O) groups is 2. The number of amidine groups is 1. The van der Waals surface area contributed by atoms with Gasteiger partial charge in [0.2, 0.25) is 5.91 Å². The van der Waals surface area contributed by atoms with E-state index in [1.54, 1.807) is 30.3 Å². The minimum absolute atomic E-state index is 0.133. The fourth-order valence-electron chi connectivity index (χ4n) is 2.09. The SMILES string of the molecule is COc1ccccc1NC(=O)O/N=C(\N)CC(=O)Nc1ccccc1C. The number of hydrogen-bond acceptors (Lipinski definition) is 5. The number of methoxy groups -OCH3 is 1. The molecule has 0 atom stereocenters. The molecule has 0 radical (unpaired) electrons. The Labute approximate surface area is 151 Å². The van der Waals surface area contributed by atoms with E-state index in [0.29, 0.717) is 17.1 Å². The highest BCUT2D eigenvalue weighted by Crippen LogP contribution is 2.23. The average molecular weight is 356 g/mol. The number of hydrogen-bond donors (Lipinski definition) is 3. The van der Waals surface area contributed by atoms with Crippen LogP contribution >= 0.6 is 0 Å². The normalized spacial score (nSPS) is 10.8. The van der Waals surface area contributed by atoms with Gasteiger partial charge in [0.05, 0.1) is 19.2 Å². The van der Waals surface area contributed by atoms with Crippen LogP contribution in [0.25, 0.3) is 0 Å². The van der Waals surface area contributed by atoms with E-state index in [-0.39, 0.29) is 18.2 Å². The van der Waals surface area contributed by atoms with E-state index in [1.807, 2.05) is 25.1 Å². The van der Waals surface area contributed by atoms with Crippen LogP contribution in [0.4, 0.5) is 16.2 Å². The molecule has 0 fully saturated rings. The van der Waals surface area contributed by atoms with Crippen LogP contribution in [-0.2, 0) is 9.63 Å². The summed E-state index contributed by atoms with van der Waals surface area (Å²) in [6.45, 7) is 1.87. The van der Waals surface area contributed by atoms with E-state index in [9.17, 15) is 9.59 Å². The second kappa shape index (κ2) is 9.07. The molecule has 0 aliphatic carbocycles. The van der Waals surface area contributed by atoms with Crippen molar-refractivity contribution in [1.29, 1.82) is 0 Å². The molecule has 0 saturated carbocycles. The maximum absolute atomic E-state index is 11.9. The molecule has 2 aromatic carbocycles. The Hall–Kier alpha value is -3.55. The lowest BCUT2D eigenvalue weighted by atomic mass is 10.2. The van der Waals surface area contributed by atoms with Crippen molar-refractivity contribution in [3.63, 3.8) is 0 Å². The number of rotatable bonds is 6. The second-order valence-corrected chi connectivity index (χ2v) is 5.33. The smallest absolute Gasteiger partial charge is 0.438 e. The fraction of sp³-hybridized carbons (Fsp3) is 0.167. The van der Waals surface area contributed by atoms with Gasteiger partial charge in [-0.3, -0.25) is 14.9 Å². The van der Waals surface area contributed by atoms with E-state index >= 15 is 0 Å². The van der Waals surface area contributed by atoms with E-state index in [0.717, 1.165) is 5.56 Å². The molecule has 0 aromatic heterocycles. The lowest BCUT2D eigenvalue weighted by molar-refractivity contribution is -0.115. The van der Waals surface area contributed by atoms with E-state index in [1.165, 1.54) is 7.11 Å². The Morgan fingerprint density at radius 3 is 2.38 bits per heavy atom. The molecule has 0 bridgehead atoms. The molecule has 0 aliphatic heterocycles. The van der Waals surface area contributed by atoms with E-state index in [2.05, 4.69) is 20.6 Å². The van der Waals surface area contributed by atoms with Gasteiger partial charge >= 0.3 is 6.09 Å². The minimum Gasteiger partial charge on any atom is -0.495 e. The van der Waals surface area contributed by atoms with Gasteiger partial charge in [0.1, 0.15) is 11.6 Å². The molecule has 2 amide bonds. The summed E-state index contributed by atoms with van der Waals surface area (Å²) in [6.07, 6.45) is -1.06. The zero-order valence-electron chi connectivity index (χ0n) is 14.5. The molecule has 26 heavy (non-hydrogen) atoms. The molecule has 0 unspecified atom stereocenters. The van der Waals surface area contributed by atoms with Crippen LogP contribution in [0.2, 0.25) is 0 Å². The highest BCUT2D eigenvalue weighted by atomic mass is 16.7. The van der Waals surface area contributed by atoms with Crippen LogP contribution in [-0.4, -0.2) is 24.9 Å². The van der Waals surface area contributed by atoms with Gasteiger partial charge in [-0.05, 0) is 30.7 Å². The average Bonchev–Trinajstić information content (AvgIpc) is 2.62. The number of nitrogens with one attached hydrogen (secondary N) is 2. The topological polar surface area (TPSA) is 115 Å². The first-order valence-electron chi connectivity index (χ1n) is 7.78. The molecule has 0 saturated heterocycles. The van der Waals surface area contributed by atoms with Gasteiger partial charge in [-0.25, -0.2) is 4.79 Å². The van der Waals surface area contributed by atoms with Gasteiger partial charge in [0, 0.05) is 5.69 Å². The first-order valence-corrected chi connectivity index (χ1v) is 7.78. The number of nitrogens with two attached hydrogens (primary N) is 1. The monoisotopic (exact) mass is 356 g/mol. The standard InChI is InChI=1S/C18H20N4O4/c1-12-7-3-4-8-13(12)20-17(23)11-16(19)22-26-18(24)21-14-9-5-6-10-15(14)25-2/h3-10H,11H2,1-2H3,(H2,19,22)(H,20,23)(H,21,24). The van der Waals surface area contributed by atoms with Crippen molar-refractivity contribution in [3.8, 4) is 5.75 Å². The van der Waals surface area contributed by atoms with Crippen molar-refractivity contribution < 1.29 is 19.2 Å². The Bertz CT molecular complexity index is 820. The van der Waals surface area contributed by atoms with Gasteiger partial charge in [0.25, 0.3) is 0 Å². The van der Waals surface area contributed by atoms with Crippen LogP contribution < -0.4 is 21.1 Å². The third-order valence-electron chi connectivity index (χ3n) is 3.35. The van der Waals surface area contributed by atoms with Gasteiger partial charge in [0.15, 0.2) is 0 Å². The summed E-state index contributed by atoms with van der Waals surface area (Å²) in [4.78, 5) is 28.4. The molecular weight excluding hydrogens is 336 g/mol. The Morgan fingerprint density at radius 2 is 1.69 bits per heavy atom. The molecule has 0 spiro atoms. The van der Waals surface area contributed by atoms with Crippen molar-refractivity contribution in [2.45, 2.75) is 13.3 Å². The predicted octanol–water partition coefficient (Wildman–Crippen LogP) is 2.85. The molecule has 2 rings (SSSR count). The van der Waals surface area contributed by atoms with Crippen LogP contribution in [0.15, 0.2) is 53.7 Å². The highest BCUT2D eigenvalue weighted by molar-refractivity contribution is 6.05. The first kappa shape index (κ1) is 18.8. The number of ether oxygens (including phenoxy) is 1. The van der Waals surface area contributed by atoms with Crippen LogP contribution in [0, 0.1) is 6.92 Å². The largest absolute Gasteiger partial charge is 0.495 e. The lowest BCUT2D eigenvalue weighted by Crippen LogP contribution is -2.23. The minimum atomic E-state index is -0.850. The predicted molar refractivity (Wildman–Crippen MR) is 99.1 cm³/mol. The zero-order chi connectivity index (χ0) is 18.9. The number of para-hydroxylation sites is 3. The molecule has 4 N–H and O–H groups in total. The lowest BCUT2D eigenvalue weighted by Gasteiger charge is -2.09. The number of nitrogens with zero attached hydrogens (tertiary/aromatic N) is 1. The number of aryl methyl sites for hydroxylation is 1. The maximum atomic E-state index is 11.9. The molecule has 8 heteroatoms. The summed E-state index contributed by atoms with van der Waals surface area (Å²) in [7, 11) is 1.48. The molecule has 0 heterocycles. The quantitative estimate of drug-likeness (QED) is 0.319. The fourth-order valence-corrected chi connectivity index (χ4v) is 2.09. The molecule has 0 aliphatic rings. The van der Waals surface area contributed by atoms with Gasteiger partial charge in [-0.2, -0.15) is 0 Å². The Morgan fingerprint density at radius 1 is 1.04 bits per heavy atom. The molecule has 2 aromatic rings. The van der Waals surface area contributed by atoms with Crippen molar-refractivity contribution in [2.75, 3.05) is 17.7 Å². The molecule has 136 valence electrons. The summed E-state index contributed by atoms with van der Waals surface area (Å²) < 4.78 is 5.11. The zero-order valence-corrected chi connectivity index (χ0v) is 14.5. The van der Waals surface area contributed by atoms with Crippen LogP contribution in [0.1, 0.15) is 12.0 Å². The molecule has 8 nitrogen and oxygen atoms in total. The van der Waals surface area contributed by atoms with Crippen molar-refractivity contribution in [2.24, 2.45) is 10.9 Å². The maximum Gasteiger partial charge on any atom is 0.438 e. The van der Waals surface area contributed by atoms with Crippen LogP contribution in [0.3, 0.4) is 0 Å². The highest BCUT2D eigenvalue weighted by Gasteiger charge is 2.10. The Balaban J connectivity index is 1.86. The number of amides is 2. The van der Waals surface area contributed by atoms with Gasteiger partial charge in [-0.1, -0.05) is 35.5 Å². The summed E-state index contributed by atoms with van der Waals surface area (Å²) in [6, 6.07) is 14.1. The summed E-state index contributed by atoms with van der Waals surface area (Å²) in [5.74, 6) is -0.0282. The summed E-state index contributed by atoms with van der Waals surface area (Å²) >= 11 is 0. The van der Waals surface area contributed by atoms with Crippen LogP contribution in [0.5, 0.6) is 5.75 Å². The van der Waals surface area contributed by atoms with Gasteiger partial charge in [-0.15, -0.1) is 0 Å². The third kappa shape index (κ3) is 5.52. The molecular formula is C18H20N4O4. The van der Waals surface area contributed by atoms with Gasteiger partial charge < -0.3 is 15.8 Å². The third-order valence-corrected chi connectivity index (χ3v) is 3.35. The number of benzene rings is 2. The van der Waals surface area contributed by atoms with Crippen molar-refractivity contribution in [1.82, 2.24) is 0 Å². The number of carbonyl (C=O) groups excluding carboxylic acids is 2. The second-order valence-electron chi connectivity index (χ2n) is 5.33. The van der Waals surface area contributed by atoms with E-state index < -0.39 is 6.09 Å². The van der Waals surface area contributed by atoms with Crippen molar-refractivity contribution >= 4 is 29.2 Å². The van der Waals surface area contributed by atoms with E-state index in [4.69, 9.17) is 10.5 Å². The summed E-state index contributed by atoms with van der Waals surface area (Å²) in [5, 5.41) is 8.64. The summed E-state index contributed by atoms with van der Waals surface area (Å²) in [5.41, 5.74) is 7.65. The number of anilines is 2.